The Morgan fingerprint density at radius 3 is 2.69 bits per heavy atom. The number of thioether (sulfide) groups is 1. The van der Waals surface area contributed by atoms with Crippen LogP contribution in [0.5, 0.6) is 0 Å². The van der Waals surface area contributed by atoms with Crippen LogP contribution in [-0.2, 0) is 6.54 Å². The van der Waals surface area contributed by atoms with E-state index in [1.165, 1.54) is 11.3 Å². The summed E-state index contributed by atoms with van der Waals surface area (Å²) < 4.78 is 0. The second-order valence-electron chi connectivity index (χ2n) is 3.24. The molecule has 1 aromatic carbocycles. The van der Waals surface area contributed by atoms with Crippen molar-refractivity contribution in [1.29, 1.82) is 0 Å². The number of allylic oxidation sites excluding steroid dienone is 1. The van der Waals surface area contributed by atoms with E-state index in [1.54, 1.807) is 0 Å². The van der Waals surface area contributed by atoms with Crippen LogP contribution in [0.1, 0.15) is 12.5 Å². The molecule has 1 aromatic rings. The molecule has 0 radical (unpaired) electrons. The van der Waals surface area contributed by atoms with E-state index in [2.05, 4.69) is 47.6 Å². The van der Waals surface area contributed by atoms with Gasteiger partial charge < -0.3 is 4.90 Å². The zero-order valence-corrected chi connectivity index (χ0v) is 8.55. The molecule has 0 atom stereocenters. The predicted molar refractivity (Wildman–Crippen MR) is 58.2 cm³/mol. The van der Waals surface area contributed by atoms with Gasteiger partial charge in [0, 0.05) is 12.2 Å². The SMILES string of the molecule is CC1=CSCN1Cc1ccccc1. The quantitative estimate of drug-likeness (QED) is 0.707. The largest absolute Gasteiger partial charge is 0.361 e. The Morgan fingerprint density at radius 1 is 1.31 bits per heavy atom. The highest BCUT2D eigenvalue weighted by atomic mass is 32.2. The number of hydrogen-bond donors (Lipinski definition) is 0. The Labute approximate surface area is 83.4 Å². The predicted octanol–water partition coefficient (Wildman–Crippen LogP) is 3.05. The summed E-state index contributed by atoms with van der Waals surface area (Å²) in [5, 5.41) is 2.23. The number of hydrogen-bond acceptors (Lipinski definition) is 2. The minimum Gasteiger partial charge on any atom is -0.361 e. The normalized spacial score (nSPS) is 16.1. The summed E-state index contributed by atoms with van der Waals surface area (Å²) in [6.07, 6.45) is 0. The topological polar surface area (TPSA) is 3.24 Å². The van der Waals surface area contributed by atoms with Crippen molar-refractivity contribution in [1.82, 2.24) is 4.90 Å². The van der Waals surface area contributed by atoms with Gasteiger partial charge in [-0.05, 0) is 17.9 Å². The van der Waals surface area contributed by atoms with Crippen LogP contribution in [0.15, 0.2) is 41.4 Å². The Morgan fingerprint density at radius 2 is 2.08 bits per heavy atom. The van der Waals surface area contributed by atoms with Gasteiger partial charge in [-0.2, -0.15) is 0 Å². The highest BCUT2D eigenvalue weighted by Gasteiger charge is 2.10. The van der Waals surface area contributed by atoms with Crippen LogP contribution in [0.25, 0.3) is 0 Å². The molecule has 68 valence electrons. The highest BCUT2D eigenvalue weighted by molar-refractivity contribution is 8.02. The van der Waals surface area contributed by atoms with Gasteiger partial charge in [0.1, 0.15) is 0 Å². The van der Waals surface area contributed by atoms with E-state index in [1.807, 2.05) is 11.8 Å². The monoisotopic (exact) mass is 191 g/mol. The fourth-order valence-electron chi connectivity index (χ4n) is 1.40. The van der Waals surface area contributed by atoms with E-state index < -0.39 is 0 Å². The molecule has 0 aromatic heterocycles. The molecule has 0 spiro atoms. The number of benzene rings is 1. The molecule has 1 aliphatic rings. The van der Waals surface area contributed by atoms with Crippen LogP contribution in [-0.4, -0.2) is 10.8 Å². The molecule has 2 heteroatoms. The molecule has 0 N–H and O–H groups in total. The molecule has 1 aliphatic heterocycles. The van der Waals surface area contributed by atoms with Gasteiger partial charge in [0.25, 0.3) is 0 Å². The molecular weight excluding hydrogens is 178 g/mol. The van der Waals surface area contributed by atoms with Crippen LogP contribution < -0.4 is 0 Å². The molecule has 0 saturated carbocycles. The minimum atomic E-state index is 1.04. The van der Waals surface area contributed by atoms with Gasteiger partial charge in [0.05, 0.1) is 5.88 Å². The van der Waals surface area contributed by atoms with E-state index in [9.17, 15) is 0 Å². The van der Waals surface area contributed by atoms with Crippen LogP contribution >= 0.6 is 11.8 Å². The third kappa shape index (κ3) is 2.07. The first-order valence-electron chi connectivity index (χ1n) is 4.43. The maximum absolute atomic E-state index is 2.39. The molecule has 0 amide bonds. The molecule has 0 fully saturated rings. The second kappa shape index (κ2) is 3.88. The molecule has 1 nitrogen and oxygen atoms in total. The van der Waals surface area contributed by atoms with E-state index in [-0.39, 0.29) is 0 Å². The maximum atomic E-state index is 2.39. The third-order valence-corrected chi connectivity index (χ3v) is 3.17. The van der Waals surface area contributed by atoms with E-state index in [4.69, 9.17) is 0 Å². The van der Waals surface area contributed by atoms with Gasteiger partial charge in [0.15, 0.2) is 0 Å². The van der Waals surface area contributed by atoms with Crippen LogP contribution in [0.4, 0.5) is 0 Å². The first-order valence-corrected chi connectivity index (χ1v) is 5.48. The van der Waals surface area contributed by atoms with Crippen molar-refractivity contribution in [3.63, 3.8) is 0 Å². The third-order valence-electron chi connectivity index (χ3n) is 2.20. The summed E-state index contributed by atoms with van der Waals surface area (Å²) in [5.41, 5.74) is 2.77. The van der Waals surface area contributed by atoms with Crippen molar-refractivity contribution >= 4 is 11.8 Å². The van der Waals surface area contributed by atoms with Gasteiger partial charge >= 0.3 is 0 Å². The molecular formula is C11H13NS. The zero-order chi connectivity index (χ0) is 9.10. The summed E-state index contributed by atoms with van der Waals surface area (Å²) in [4.78, 5) is 2.39. The first-order chi connectivity index (χ1) is 6.36. The van der Waals surface area contributed by atoms with Crippen molar-refractivity contribution in [3.8, 4) is 0 Å². The summed E-state index contributed by atoms with van der Waals surface area (Å²) >= 11 is 1.87. The average Bonchev–Trinajstić information content (AvgIpc) is 2.54. The number of nitrogens with zero attached hydrogens (tertiary/aromatic N) is 1. The van der Waals surface area contributed by atoms with Crippen molar-refractivity contribution in [2.75, 3.05) is 5.88 Å². The van der Waals surface area contributed by atoms with E-state index in [0.29, 0.717) is 0 Å². The average molecular weight is 191 g/mol. The second-order valence-corrected chi connectivity index (χ2v) is 4.07. The van der Waals surface area contributed by atoms with Gasteiger partial charge in [-0.25, -0.2) is 0 Å². The maximum Gasteiger partial charge on any atom is 0.0681 e. The molecule has 0 saturated heterocycles. The summed E-state index contributed by atoms with van der Waals surface area (Å²) in [6.45, 7) is 3.21. The van der Waals surface area contributed by atoms with Gasteiger partial charge in [0.2, 0.25) is 0 Å². The highest BCUT2D eigenvalue weighted by Crippen LogP contribution is 2.24. The lowest BCUT2D eigenvalue weighted by molar-refractivity contribution is 0.405. The smallest absolute Gasteiger partial charge is 0.0681 e. The van der Waals surface area contributed by atoms with E-state index >= 15 is 0 Å². The summed E-state index contributed by atoms with van der Waals surface area (Å²) in [5.74, 6) is 1.10. The number of rotatable bonds is 2. The minimum absolute atomic E-state index is 1.04. The lowest BCUT2D eigenvalue weighted by atomic mass is 10.2. The standard InChI is InChI=1S/C11H13NS/c1-10-8-13-9-12(10)7-11-5-3-2-4-6-11/h2-6,8H,7,9H2,1H3. The molecule has 1 heterocycles. The van der Waals surface area contributed by atoms with Crippen molar-refractivity contribution in [2.45, 2.75) is 13.5 Å². The Hall–Kier alpha value is -0.890. The van der Waals surface area contributed by atoms with Crippen molar-refractivity contribution in [3.05, 3.63) is 47.0 Å². The first kappa shape index (κ1) is 8.70. The molecule has 0 aliphatic carbocycles. The molecule has 0 unspecified atom stereocenters. The van der Waals surface area contributed by atoms with Gasteiger partial charge in [-0.3, -0.25) is 0 Å². The Kier molecular flexibility index (Phi) is 2.60. The zero-order valence-electron chi connectivity index (χ0n) is 7.73. The van der Waals surface area contributed by atoms with Gasteiger partial charge in [-0.1, -0.05) is 30.3 Å². The summed E-state index contributed by atoms with van der Waals surface area (Å²) in [6, 6.07) is 10.6. The fourth-order valence-corrected chi connectivity index (χ4v) is 2.34. The summed E-state index contributed by atoms with van der Waals surface area (Å²) in [7, 11) is 0. The molecule has 2 rings (SSSR count). The lowest BCUT2D eigenvalue weighted by Crippen LogP contribution is -2.16. The van der Waals surface area contributed by atoms with Crippen LogP contribution in [0.3, 0.4) is 0 Å². The van der Waals surface area contributed by atoms with Crippen LogP contribution in [0, 0.1) is 0 Å². The van der Waals surface area contributed by atoms with E-state index in [0.717, 1.165) is 12.4 Å². The molecule has 0 bridgehead atoms. The van der Waals surface area contributed by atoms with Crippen molar-refractivity contribution < 1.29 is 0 Å². The Bertz CT molecular complexity index is 305. The fraction of sp³-hybridized carbons (Fsp3) is 0.273. The Balaban J connectivity index is 2.03. The van der Waals surface area contributed by atoms with Crippen LogP contribution in [0.2, 0.25) is 0 Å². The molecule has 13 heavy (non-hydrogen) atoms. The van der Waals surface area contributed by atoms with Crippen molar-refractivity contribution in [2.24, 2.45) is 0 Å². The van der Waals surface area contributed by atoms with Gasteiger partial charge in [-0.15, -0.1) is 11.8 Å². The lowest BCUT2D eigenvalue weighted by Gasteiger charge is -2.18.